The van der Waals surface area contributed by atoms with Crippen LogP contribution in [-0.2, 0) is 9.53 Å². The van der Waals surface area contributed by atoms with E-state index in [-0.39, 0.29) is 4.83 Å². The van der Waals surface area contributed by atoms with Crippen LogP contribution in [0.5, 0.6) is 0 Å². The molecule has 0 saturated heterocycles. The second-order valence-corrected chi connectivity index (χ2v) is 6.45. The Morgan fingerprint density at radius 1 is 1.23 bits per heavy atom. The van der Waals surface area contributed by atoms with Crippen molar-refractivity contribution in [3.05, 3.63) is 70.7 Å². The largest absolute Gasteiger partial charge is 0.431 e. The summed E-state index contributed by atoms with van der Waals surface area (Å²) in [4.78, 5) is 15.2. The lowest BCUT2D eigenvalue weighted by atomic mass is 9.93. The Bertz CT molecular complexity index is 690. The lowest BCUT2D eigenvalue weighted by Gasteiger charge is -2.17. The van der Waals surface area contributed by atoms with E-state index in [1.54, 1.807) is 6.20 Å². The summed E-state index contributed by atoms with van der Waals surface area (Å²) >= 11 is 3.51. The van der Waals surface area contributed by atoms with Gasteiger partial charge in [0.25, 0.3) is 6.47 Å². The summed E-state index contributed by atoms with van der Waals surface area (Å²) in [5, 5.41) is 0. The molecule has 2 aromatic rings. The Kier molecular flexibility index (Phi) is 5.50. The third-order valence-corrected chi connectivity index (χ3v) is 3.81. The fourth-order valence-corrected chi connectivity index (χ4v) is 2.64. The zero-order valence-electron chi connectivity index (χ0n) is 12.8. The molecule has 1 aromatic carbocycles. The summed E-state index contributed by atoms with van der Waals surface area (Å²) in [6, 6.07) is 12.0. The van der Waals surface area contributed by atoms with Gasteiger partial charge in [0, 0.05) is 23.0 Å². The first-order chi connectivity index (χ1) is 10.5. The first-order valence-electron chi connectivity index (χ1n) is 7.02. The van der Waals surface area contributed by atoms with Crippen LogP contribution in [0.3, 0.4) is 0 Å². The molecular weight excluding hydrogens is 342 g/mol. The summed E-state index contributed by atoms with van der Waals surface area (Å²) in [6.07, 6.45) is 1.81. The molecule has 0 fully saturated rings. The summed E-state index contributed by atoms with van der Waals surface area (Å²) in [5.41, 5.74) is 4.87. The second kappa shape index (κ2) is 7.36. The number of aryl methyl sites for hydroxylation is 2. The predicted molar refractivity (Wildman–Crippen MR) is 91.7 cm³/mol. The molecule has 0 aliphatic rings. The van der Waals surface area contributed by atoms with Gasteiger partial charge in [0.1, 0.15) is 5.76 Å². The molecule has 0 aliphatic heterocycles. The van der Waals surface area contributed by atoms with Crippen LogP contribution in [0.4, 0.5) is 0 Å². The molecule has 1 unspecified atom stereocenters. The average Bonchev–Trinajstić information content (AvgIpc) is 2.50. The fraction of sp³-hybridized carbons (Fsp3) is 0.222. The molecule has 0 saturated carbocycles. The Hall–Kier alpha value is -1.94. The topological polar surface area (TPSA) is 39.2 Å². The van der Waals surface area contributed by atoms with E-state index in [0.29, 0.717) is 12.2 Å². The summed E-state index contributed by atoms with van der Waals surface area (Å²) in [6.45, 7) is 6.37. The van der Waals surface area contributed by atoms with Crippen LogP contribution in [0.2, 0.25) is 0 Å². The molecule has 114 valence electrons. The molecule has 0 aliphatic carbocycles. The van der Waals surface area contributed by atoms with Crippen molar-refractivity contribution in [1.82, 2.24) is 4.98 Å². The summed E-state index contributed by atoms with van der Waals surface area (Å²) in [7, 11) is 0. The van der Waals surface area contributed by atoms with Gasteiger partial charge in [0.05, 0.1) is 4.83 Å². The van der Waals surface area contributed by atoms with Gasteiger partial charge in [-0.1, -0.05) is 46.3 Å². The average molecular weight is 360 g/mol. The maximum absolute atomic E-state index is 10.9. The van der Waals surface area contributed by atoms with Crippen molar-refractivity contribution in [2.45, 2.75) is 25.6 Å². The molecule has 1 atom stereocenters. The van der Waals surface area contributed by atoms with Crippen molar-refractivity contribution in [1.29, 1.82) is 0 Å². The molecule has 0 N–H and O–H groups in total. The Morgan fingerprint density at radius 2 is 1.95 bits per heavy atom. The minimum atomic E-state index is -0.103. The van der Waals surface area contributed by atoms with Crippen molar-refractivity contribution in [2.75, 3.05) is 0 Å². The summed E-state index contributed by atoms with van der Waals surface area (Å²) in [5.74, 6) is 0.579. The van der Waals surface area contributed by atoms with Gasteiger partial charge in [-0.05, 0) is 38.0 Å². The number of pyridine rings is 1. The quantitative estimate of drug-likeness (QED) is 0.450. The van der Waals surface area contributed by atoms with Crippen LogP contribution >= 0.6 is 15.9 Å². The van der Waals surface area contributed by atoms with Gasteiger partial charge in [-0.25, -0.2) is 0 Å². The number of carbonyl (C=O) groups is 1. The molecule has 2 rings (SSSR count). The second-order valence-electron chi connectivity index (χ2n) is 5.07. The molecule has 0 bridgehead atoms. The first kappa shape index (κ1) is 16.4. The number of benzene rings is 1. The molecule has 1 aromatic heterocycles. The number of allylic oxidation sites excluding steroid dienone is 1. The maximum atomic E-state index is 10.9. The normalized spacial score (nSPS) is 13.3. The van der Waals surface area contributed by atoms with Crippen LogP contribution in [0.1, 0.15) is 29.3 Å². The minimum absolute atomic E-state index is 0.103. The Morgan fingerprint density at radius 3 is 2.50 bits per heavy atom. The van der Waals surface area contributed by atoms with Gasteiger partial charge in [0.15, 0.2) is 0 Å². The lowest BCUT2D eigenvalue weighted by Crippen LogP contribution is -2.07. The van der Waals surface area contributed by atoms with Gasteiger partial charge >= 0.3 is 0 Å². The molecule has 3 nitrogen and oxygen atoms in total. The molecule has 0 spiro atoms. The summed E-state index contributed by atoms with van der Waals surface area (Å²) < 4.78 is 5.28. The van der Waals surface area contributed by atoms with E-state index in [1.165, 1.54) is 0 Å². The van der Waals surface area contributed by atoms with Gasteiger partial charge in [0.2, 0.25) is 0 Å². The third-order valence-electron chi connectivity index (χ3n) is 3.40. The standard InChI is InChI=1S/C18H18BrNO2/c1-12-6-4-5-7-16(12)17(18(14(3)19)22-11-21)15-9-8-13(2)20-10-15/h4-11,14H,1-3H3/b18-17-. The smallest absolute Gasteiger partial charge is 0.298 e. The van der Waals surface area contributed by atoms with Crippen LogP contribution in [0.15, 0.2) is 48.4 Å². The van der Waals surface area contributed by atoms with Gasteiger partial charge in [-0.3, -0.25) is 9.78 Å². The zero-order valence-corrected chi connectivity index (χ0v) is 14.4. The van der Waals surface area contributed by atoms with E-state index in [2.05, 4.69) is 20.9 Å². The number of ether oxygens (including phenoxy) is 1. The molecule has 0 radical (unpaired) electrons. The van der Waals surface area contributed by atoms with Crippen molar-refractivity contribution in [3.8, 4) is 0 Å². The van der Waals surface area contributed by atoms with E-state index in [9.17, 15) is 4.79 Å². The minimum Gasteiger partial charge on any atom is -0.431 e. The third kappa shape index (κ3) is 3.63. The van der Waals surface area contributed by atoms with Gasteiger partial charge in [-0.15, -0.1) is 0 Å². The zero-order chi connectivity index (χ0) is 16.1. The van der Waals surface area contributed by atoms with Crippen molar-refractivity contribution < 1.29 is 9.53 Å². The van der Waals surface area contributed by atoms with Crippen LogP contribution in [0, 0.1) is 13.8 Å². The lowest BCUT2D eigenvalue weighted by molar-refractivity contribution is -0.125. The molecule has 22 heavy (non-hydrogen) atoms. The number of hydrogen-bond donors (Lipinski definition) is 0. The number of carbonyl (C=O) groups excluding carboxylic acids is 1. The van der Waals surface area contributed by atoms with Gasteiger partial charge < -0.3 is 4.74 Å². The van der Waals surface area contributed by atoms with Crippen LogP contribution in [-0.4, -0.2) is 16.3 Å². The van der Waals surface area contributed by atoms with Crippen LogP contribution in [0.25, 0.3) is 5.57 Å². The van der Waals surface area contributed by atoms with Crippen molar-refractivity contribution in [3.63, 3.8) is 0 Å². The number of halogens is 1. The highest BCUT2D eigenvalue weighted by Gasteiger charge is 2.19. The Labute approximate surface area is 139 Å². The van der Waals surface area contributed by atoms with Crippen LogP contribution < -0.4 is 0 Å². The van der Waals surface area contributed by atoms with E-state index < -0.39 is 0 Å². The fourth-order valence-electron chi connectivity index (χ4n) is 2.30. The maximum Gasteiger partial charge on any atom is 0.298 e. The number of alkyl halides is 1. The molecule has 0 amide bonds. The van der Waals surface area contributed by atoms with E-state index in [4.69, 9.17) is 4.74 Å². The Balaban J connectivity index is 2.74. The number of rotatable bonds is 5. The van der Waals surface area contributed by atoms with E-state index >= 15 is 0 Å². The van der Waals surface area contributed by atoms with Gasteiger partial charge in [-0.2, -0.15) is 0 Å². The van der Waals surface area contributed by atoms with E-state index in [1.807, 2.05) is 57.2 Å². The molecule has 4 heteroatoms. The van der Waals surface area contributed by atoms with Crippen molar-refractivity contribution in [2.24, 2.45) is 0 Å². The van der Waals surface area contributed by atoms with E-state index in [0.717, 1.165) is 28.0 Å². The number of nitrogens with zero attached hydrogens (tertiary/aromatic N) is 1. The highest BCUT2D eigenvalue weighted by Crippen LogP contribution is 2.32. The molecule has 1 heterocycles. The number of hydrogen-bond acceptors (Lipinski definition) is 3. The first-order valence-corrected chi connectivity index (χ1v) is 7.93. The van der Waals surface area contributed by atoms with Crippen molar-refractivity contribution >= 4 is 28.0 Å². The highest BCUT2D eigenvalue weighted by atomic mass is 79.9. The monoisotopic (exact) mass is 359 g/mol. The highest BCUT2D eigenvalue weighted by molar-refractivity contribution is 9.09. The SMILES string of the molecule is Cc1ccc(/C(=C(/OC=O)C(C)Br)c2ccccc2C)cn1. The molecular formula is C18H18BrNO2. The predicted octanol–water partition coefficient (Wildman–Crippen LogP) is 4.41. The number of aromatic nitrogens is 1.